The summed E-state index contributed by atoms with van der Waals surface area (Å²) in [6, 6.07) is 5.13. The number of halogens is 1. The van der Waals surface area contributed by atoms with E-state index in [9.17, 15) is 4.79 Å². The van der Waals surface area contributed by atoms with Crippen molar-refractivity contribution in [2.45, 2.75) is 12.7 Å². The van der Waals surface area contributed by atoms with Crippen LogP contribution in [0.3, 0.4) is 0 Å². The summed E-state index contributed by atoms with van der Waals surface area (Å²) < 4.78 is 0.852. The molecule has 0 aliphatic carbocycles. The second-order valence-electron chi connectivity index (χ2n) is 3.97. The van der Waals surface area contributed by atoms with Gasteiger partial charge in [0.2, 0.25) is 0 Å². The highest BCUT2D eigenvalue weighted by Gasteiger charge is 2.07. The molecule has 0 aromatic heterocycles. The van der Waals surface area contributed by atoms with Crippen LogP contribution >= 0.6 is 27.7 Å². The van der Waals surface area contributed by atoms with Crippen LogP contribution in [0.4, 0.5) is 0 Å². The quantitative estimate of drug-likeness (QED) is 0.846. The first-order chi connectivity index (χ1) is 8.04. The van der Waals surface area contributed by atoms with E-state index in [2.05, 4.69) is 22.9 Å². The number of thioether (sulfide) groups is 1. The Balaban J connectivity index is 2.57. The Morgan fingerprint density at radius 1 is 1.59 bits per heavy atom. The van der Waals surface area contributed by atoms with Crippen LogP contribution < -0.4 is 5.73 Å². The average Bonchev–Trinajstić information content (AvgIpc) is 2.30. The highest BCUT2D eigenvalue weighted by atomic mass is 79.9. The maximum absolute atomic E-state index is 10.8. The van der Waals surface area contributed by atoms with Crippen LogP contribution in [0.2, 0.25) is 0 Å². The molecule has 1 aromatic carbocycles. The predicted octanol–water partition coefficient (Wildman–Crippen LogP) is 2.98. The van der Waals surface area contributed by atoms with Crippen LogP contribution in [0.5, 0.6) is 0 Å². The molecule has 94 valence electrons. The summed E-state index contributed by atoms with van der Waals surface area (Å²) in [5, 5.41) is 8.84. The zero-order valence-electron chi connectivity index (χ0n) is 9.65. The van der Waals surface area contributed by atoms with Gasteiger partial charge < -0.3 is 10.8 Å². The van der Waals surface area contributed by atoms with Gasteiger partial charge in [-0.25, -0.2) is 4.79 Å². The number of carbonyl (C=O) groups is 1. The van der Waals surface area contributed by atoms with Gasteiger partial charge in [-0.3, -0.25) is 0 Å². The van der Waals surface area contributed by atoms with E-state index < -0.39 is 5.97 Å². The first kappa shape index (κ1) is 14.5. The summed E-state index contributed by atoms with van der Waals surface area (Å²) in [6.07, 6.45) is 0. The molecule has 0 saturated carbocycles. The number of nitrogens with two attached hydrogens (primary N) is 1. The number of rotatable bonds is 6. The molecule has 0 saturated heterocycles. The molecule has 0 fully saturated rings. The molecule has 17 heavy (non-hydrogen) atoms. The van der Waals surface area contributed by atoms with Crippen LogP contribution in [0.15, 0.2) is 22.7 Å². The van der Waals surface area contributed by atoms with Gasteiger partial charge in [0.25, 0.3) is 0 Å². The zero-order valence-corrected chi connectivity index (χ0v) is 12.1. The molecule has 3 nitrogen and oxygen atoms in total. The molecule has 0 radical (unpaired) electrons. The summed E-state index contributed by atoms with van der Waals surface area (Å²) in [6.45, 7) is 2.82. The van der Waals surface area contributed by atoms with Gasteiger partial charge >= 0.3 is 5.97 Å². The van der Waals surface area contributed by atoms with Crippen LogP contribution in [-0.4, -0.2) is 23.4 Å². The zero-order chi connectivity index (χ0) is 12.8. The lowest BCUT2D eigenvalue weighted by Crippen LogP contribution is -2.12. The van der Waals surface area contributed by atoms with Gasteiger partial charge in [0.05, 0.1) is 5.56 Å². The number of hydrogen-bond donors (Lipinski definition) is 2. The van der Waals surface area contributed by atoms with E-state index in [1.54, 1.807) is 12.1 Å². The van der Waals surface area contributed by atoms with E-state index in [4.69, 9.17) is 10.8 Å². The van der Waals surface area contributed by atoms with Crippen molar-refractivity contribution in [1.82, 2.24) is 0 Å². The van der Waals surface area contributed by atoms with Crippen LogP contribution in [0.25, 0.3) is 0 Å². The minimum atomic E-state index is -0.901. The average molecular weight is 318 g/mol. The van der Waals surface area contributed by atoms with Crippen molar-refractivity contribution in [3.8, 4) is 0 Å². The third-order valence-corrected chi connectivity index (χ3v) is 4.42. The normalized spacial score (nSPS) is 12.4. The van der Waals surface area contributed by atoms with Gasteiger partial charge in [-0.1, -0.05) is 28.9 Å². The summed E-state index contributed by atoms with van der Waals surface area (Å²) >= 11 is 5.21. The van der Waals surface area contributed by atoms with Crippen molar-refractivity contribution >= 4 is 33.7 Å². The molecule has 0 bridgehead atoms. The van der Waals surface area contributed by atoms with Gasteiger partial charge in [0.15, 0.2) is 0 Å². The number of carboxylic acids is 1. The highest BCUT2D eigenvalue weighted by molar-refractivity contribution is 9.10. The second kappa shape index (κ2) is 7.03. The van der Waals surface area contributed by atoms with E-state index in [1.807, 2.05) is 17.8 Å². The third-order valence-electron chi connectivity index (χ3n) is 2.36. The molecule has 0 aliphatic heterocycles. The monoisotopic (exact) mass is 317 g/mol. The fourth-order valence-electron chi connectivity index (χ4n) is 1.24. The maximum Gasteiger partial charge on any atom is 0.335 e. The van der Waals surface area contributed by atoms with Crippen molar-refractivity contribution in [3.63, 3.8) is 0 Å². The Labute approximate surface area is 114 Å². The van der Waals surface area contributed by atoms with Gasteiger partial charge in [0, 0.05) is 10.2 Å². The smallest absolute Gasteiger partial charge is 0.335 e. The van der Waals surface area contributed by atoms with Crippen molar-refractivity contribution in [2.75, 3.05) is 12.3 Å². The third kappa shape index (κ3) is 4.69. The summed E-state index contributed by atoms with van der Waals surface area (Å²) in [5.41, 5.74) is 6.97. The van der Waals surface area contributed by atoms with Crippen LogP contribution in [-0.2, 0) is 5.75 Å². The molecule has 0 heterocycles. The van der Waals surface area contributed by atoms with Gasteiger partial charge in [-0.05, 0) is 35.9 Å². The lowest BCUT2D eigenvalue weighted by Gasteiger charge is -2.09. The molecule has 1 aromatic rings. The topological polar surface area (TPSA) is 63.3 Å². The number of aromatic carboxylic acids is 1. The molecular formula is C12H16BrNO2S. The Kier molecular flexibility index (Phi) is 6.02. The van der Waals surface area contributed by atoms with E-state index in [0.29, 0.717) is 18.0 Å². The number of benzene rings is 1. The predicted molar refractivity (Wildman–Crippen MR) is 75.5 cm³/mol. The molecule has 0 spiro atoms. The molecule has 3 N–H and O–H groups in total. The molecule has 1 unspecified atom stereocenters. The van der Waals surface area contributed by atoms with E-state index in [0.717, 1.165) is 21.5 Å². The van der Waals surface area contributed by atoms with Crippen molar-refractivity contribution in [2.24, 2.45) is 11.7 Å². The Morgan fingerprint density at radius 2 is 2.29 bits per heavy atom. The Hall–Kier alpha value is -0.520. The molecular weight excluding hydrogens is 302 g/mol. The lowest BCUT2D eigenvalue weighted by atomic mass is 10.1. The molecule has 1 rings (SSSR count). The summed E-state index contributed by atoms with van der Waals surface area (Å²) in [4.78, 5) is 10.8. The fraction of sp³-hybridized carbons (Fsp3) is 0.417. The minimum Gasteiger partial charge on any atom is -0.478 e. The molecule has 0 amide bonds. The van der Waals surface area contributed by atoms with Gasteiger partial charge in [-0.15, -0.1) is 0 Å². The highest BCUT2D eigenvalue weighted by Crippen LogP contribution is 2.24. The maximum atomic E-state index is 10.8. The standard InChI is InChI=1S/C12H16BrNO2S/c1-8(5-14)6-17-7-10-3-2-9(12(15)16)4-11(10)13/h2-4,8H,5-7,14H2,1H3,(H,15,16). The number of hydrogen-bond acceptors (Lipinski definition) is 3. The SMILES string of the molecule is CC(CN)CSCc1ccc(C(=O)O)cc1Br. The van der Waals surface area contributed by atoms with Crippen molar-refractivity contribution < 1.29 is 9.90 Å². The van der Waals surface area contributed by atoms with Crippen molar-refractivity contribution in [1.29, 1.82) is 0 Å². The van der Waals surface area contributed by atoms with Crippen molar-refractivity contribution in [3.05, 3.63) is 33.8 Å². The lowest BCUT2D eigenvalue weighted by molar-refractivity contribution is 0.0697. The Morgan fingerprint density at radius 3 is 2.82 bits per heavy atom. The first-order valence-electron chi connectivity index (χ1n) is 5.34. The molecule has 5 heteroatoms. The van der Waals surface area contributed by atoms with Crippen LogP contribution in [0.1, 0.15) is 22.8 Å². The summed E-state index contributed by atoms with van der Waals surface area (Å²) in [5.74, 6) is 1.49. The molecule has 0 aliphatic rings. The van der Waals surface area contributed by atoms with E-state index >= 15 is 0 Å². The number of carboxylic acid groups (broad SMARTS) is 1. The largest absolute Gasteiger partial charge is 0.478 e. The van der Waals surface area contributed by atoms with E-state index in [-0.39, 0.29) is 0 Å². The van der Waals surface area contributed by atoms with Gasteiger partial charge in [-0.2, -0.15) is 11.8 Å². The summed E-state index contributed by atoms with van der Waals surface area (Å²) in [7, 11) is 0. The van der Waals surface area contributed by atoms with Gasteiger partial charge in [0.1, 0.15) is 0 Å². The Bertz CT molecular complexity index is 398. The van der Waals surface area contributed by atoms with E-state index in [1.165, 1.54) is 0 Å². The molecule has 1 atom stereocenters. The van der Waals surface area contributed by atoms with Crippen LogP contribution in [0, 0.1) is 5.92 Å². The second-order valence-corrected chi connectivity index (χ2v) is 5.85. The fourth-order valence-corrected chi connectivity index (χ4v) is 3.07. The first-order valence-corrected chi connectivity index (χ1v) is 7.29. The minimum absolute atomic E-state index is 0.306.